The van der Waals surface area contributed by atoms with Crippen molar-refractivity contribution in [2.45, 2.75) is 6.42 Å². The van der Waals surface area contributed by atoms with Crippen molar-refractivity contribution < 1.29 is 19.8 Å². The Hall–Kier alpha value is -1.53. The molecule has 100 valence electrons. The van der Waals surface area contributed by atoms with Crippen molar-refractivity contribution >= 4 is 23.7 Å². The van der Waals surface area contributed by atoms with Gasteiger partial charge in [-0.2, -0.15) is 0 Å². The molecule has 0 bridgehead atoms. The highest BCUT2D eigenvalue weighted by molar-refractivity contribution is 6.31. The average Bonchev–Trinajstić information content (AvgIpc) is 2.34. The first-order valence-corrected chi connectivity index (χ1v) is 5.85. The van der Waals surface area contributed by atoms with Crippen molar-refractivity contribution in [2.24, 2.45) is 5.92 Å². The Morgan fingerprint density at radius 3 is 2.78 bits per heavy atom. The molecule has 0 aromatic rings. The monoisotopic (exact) mass is 274 g/mol. The topological polar surface area (TPSA) is 89.9 Å². The minimum absolute atomic E-state index is 0.0984. The summed E-state index contributed by atoms with van der Waals surface area (Å²) in [5.74, 6) is 0.0984. The van der Waals surface area contributed by atoms with Crippen LogP contribution < -0.4 is 5.32 Å². The third-order valence-electron chi connectivity index (χ3n) is 2.46. The largest absolute Gasteiger partial charge is 0.465 e. The van der Waals surface area contributed by atoms with Crippen LogP contribution in [0.3, 0.4) is 0 Å². The van der Waals surface area contributed by atoms with E-state index in [1.165, 1.54) is 0 Å². The number of hydrogen-bond acceptors (Lipinski definition) is 3. The number of carbonyl (C=O) groups is 2. The summed E-state index contributed by atoms with van der Waals surface area (Å²) in [6.07, 6.45) is 4.75. The number of carbonyl (C=O) groups excluding carboxylic acids is 1. The fraction of sp³-hybridized carbons (Fsp3) is 0.455. The van der Waals surface area contributed by atoms with Crippen molar-refractivity contribution in [1.82, 2.24) is 10.2 Å². The summed E-state index contributed by atoms with van der Waals surface area (Å²) >= 11 is 5.75. The lowest BCUT2D eigenvalue weighted by Crippen LogP contribution is -2.45. The van der Waals surface area contributed by atoms with E-state index in [1.807, 2.05) is 12.2 Å². The van der Waals surface area contributed by atoms with E-state index in [0.717, 1.165) is 0 Å². The lowest BCUT2D eigenvalue weighted by Gasteiger charge is -2.19. The van der Waals surface area contributed by atoms with Crippen molar-refractivity contribution in [3.63, 3.8) is 0 Å². The Balaban J connectivity index is 2.40. The Bertz CT molecular complexity index is 381. The average molecular weight is 275 g/mol. The van der Waals surface area contributed by atoms with Gasteiger partial charge in [0.1, 0.15) is 0 Å². The third-order valence-corrected chi connectivity index (χ3v) is 2.74. The van der Waals surface area contributed by atoms with Gasteiger partial charge >= 0.3 is 12.1 Å². The highest BCUT2D eigenvalue weighted by Gasteiger charge is 2.20. The van der Waals surface area contributed by atoms with Crippen LogP contribution >= 0.6 is 11.6 Å². The first kappa shape index (κ1) is 14.5. The second-order valence-corrected chi connectivity index (χ2v) is 4.22. The summed E-state index contributed by atoms with van der Waals surface area (Å²) in [6, 6.07) is -0.731. The Labute approximate surface area is 110 Å². The predicted molar refractivity (Wildman–Crippen MR) is 66.4 cm³/mol. The fourth-order valence-electron chi connectivity index (χ4n) is 1.49. The van der Waals surface area contributed by atoms with Gasteiger partial charge in [0.2, 0.25) is 0 Å². The number of imide groups is 1. The molecule has 3 amide bonds. The molecule has 7 heteroatoms. The van der Waals surface area contributed by atoms with E-state index in [0.29, 0.717) is 22.9 Å². The normalized spacial score (nSPS) is 18.1. The van der Waals surface area contributed by atoms with Crippen LogP contribution in [0, 0.1) is 5.92 Å². The number of halogens is 1. The molecule has 0 fully saturated rings. The van der Waals surface area contributed by atoms with Crippen LogP contribution in [0.4, 0.5) is 9.59 Å². The number of urea groups is 1. The summed E-state index contributed by atoms with van der Waals surface area (Å²) in [4.78, 5) is 22.8. The Morgan fingerprint density at radius 2 is 2.28 bits per heavy atom. The Morgan fingerprint density at radius 1 is 1.56 bits per heavy atom. The molecule has 0 aliphatic heterocycles. The van der Waals surface area contributed by atoms with Gasteiger partial charge in [0, 0.05) is 11.6 Å². The van der Waals surface area contributed by atoms with Gasteiger partial charge in [0.05, 0.1) is 13.2 Å². The van der Waals surface area contributed by atoms with Gasteiger partial charge in [-0.15, -0.1) is 0 Å². The molecule has 6 nitrogen and oxygen atoms in total. The molecular weight excluding hydrogens is 260 g/mol. The number of amides is 3. The van der Waals surface area contributed by atoms with Crippen LogP contribution in [0.5, 0.6) is 0 Å². The smallest absolute Gasteiger partial charge is 0.415 e. The maximum atomic E-state index is 11.5. The zero-order valence-corrected chi connectivity index (χ0v) is 10.4. The SMILES string of the molecule is O=C(O)N(CCO)C(=O)NCC1C=CC(Cl)=CC1. The van der Waals surface area contributed by atoms with Gasteiger partial charge in [-0.05, 0) is 18.4 Å². The molecule has 1 atom stereocenters. The first-order valence-electron chi connectivity index (χ1n) is 5.47. The van der Waals surface area contributed by atoms with E-state index in [9.17, 15) is 9.59 Å². The summed E-state index contributed by atoms with van der Waals surface area (Å²) < 4.78 is 0. The molecule has 18 heavy (non-hydrogen) atoms. The van der Waals surface area contributed by atoms with E-state index in [2.05, 4.69) is 5.32 Å². The fourth-order valence-corrected chi connectivity index (χ4v) is 1.65. The maximum absolute atomic E-state index is 11.5. The first-order chi connectivity index (χ1) is 8.54. The minimum Gasteiger partial charge on any atom is -0.465 e. The molecule has 3 N–H and O–H groups in total. The predicted octanol–water partition coefficient (Wildman–Crippen LogP) is 1.37. The van der Waals surface area contributed by atoms with E-state index >= 15 is 0 Å². The number of hydrogen-bond donors (Lipinski definition) is 3. The van der Waals surface area contributed by atoms with E-state index in [4.69, 9.17) is 21.8 Å². The summed E-state index contributed by atoms with van der Waals surface area (Å²) in [6.45, 7) is -0.319. The second kappa shape index (κ2) is 7.03. The number of nitrogens with zero attached hydrogens (tertiary/aromatic N) is 1. The van der Waals surface area contributed by atoms with E-state index in [-0.39, 0.29) is 12.5 Å². The number of rotatable bonds is 4. The molecule has 0 aromatic carbocycles. The quantitative estimate of drug-likeness (QED) is 0.722. The highest BCUT2D eigenvalue weighted by atomic mass is 35.5. The number of carboxylic acid groups (broad SMARTS) is 1. The van der Waals surface area contributed by atoms with Crippen molar-refractivity contribution in [3.8, 4) is 0 Å². The highest BCUT2D eigenvalue weighted by Crippen LogP contribution is 2.17. The number of aliphatic hydroxyl groups excluding tert-OH is 1. The lowest BCUT2D eigenvalue weighted by molar-refractivity contribution is 0.137. The van der Waals surface area contributed by atoms with Crippen molar-refractivity contribution in [3.05, 3.63) is 23.3 Å². The van der Waals surface area contributed by atoms with Crippen LogP contribution in [0.1, 0.15) is 6.42 Å². The summed E-state index contributed by atoms with van der Waals surface area (Å²) in [7, 11) is 0. The van der Waals surface area contributed by atoms with Crippen LogP contribution in [0.2, 0.25) is 0 Å². The van der Waals surface area contributed by atoms with Crippen molar-refractivity contribution in [1.29, 1.82) is 0 Å². The van der Waals surface area contributed by atoms with Gasteiger partial charge in [-0.25, -0.2) is 14.5 Å². The third kappa shape index (κ3) is 4.38. The molecule has 0 heterocycles. The standard InChI is InChI=1S/C11H15ClN2O4/c12-9-3-1-8(2-4-9)7-13-10(16)14(5-6-15)11(17)18/h1,3-4,8,15H,2,5-7H2,(H,13,16)(H,17,18). The molecule has 0 saturated heterocycles. The lowest BCUT2D eigenvalue weighted by atomic mass is 10.0. The van der Waals surface area contributed by atoms with E-state index in [1.54, 1.807) is 6.08 Å². The molecule has 0 radical (unpaired) electrons. The summed E-state index contributed by atoms with van der Waals surface area (Å²) in [5, 5.41) is 20.6. The molecule has 0 aromatic heterocycles. The second-order valence-electron chi connectivity index (χ2n) is 3.79. The van der Waals surface area contributed by atoms with Gasteiger partial charge in [-0.1, -0.05) is 23.8 Å². The molecule has 1 rings (SSSR count). The van der Waals surface area contributed by atoms with Gasteiger partial charge in [0.15, 0.2) is 0 Å². The minimum atomic E-state index is -1.39. The molecule has 1 aliphatic rings. The summed E-state index contributed by atoms with van der Waals surface area (Å²) in [5.41, 5.74) is 0. The van der Waals surface area contributed by atoms with Crippen LogP contribution in [0.15, 0.2) is 23.3 Å². The van der Waals surface area contributed by atoms with E-state index < -0.39 is 18.7 Å². The van der Waals surface area contributed by atoms with Crippen molar-refractivity contribution in [2.75, 3.05) is 19.7 Å². The van der Waals surface area contributed by atoms with Gasteiger partial charge in [-0.3, -0.25) is 0 Å². The maximum Gasteiger partial charge on any atom is 0.415 e. The molecule has 0 spiro atoms. The number of aliphatic hydroxyl groups is 1. The number of nitrogens with one attached hydrogen (secondary N) is 1. The zero-order chi connectivity index (χ0) is 13.5. The van der Waals surface area contributed by atoms with Crippen LogP contribution in [-0.2, 0) is 0 Å². The zero-order valence-electron chi connectivity index (χ0n) is 9.67. The molecule has 0 saturated carbocycles. The number of allylic oxidation sites excluding steroid dienone is 3. The molecule has 1 aliphatic carbocycles. The van der Waals surface area contributed by atoms with Crippen LogP contribution in [-0.4, -0.2) is 46.9 Å². The van der Waals surface area contributed by atoms with Gasteiger partial charge < -0.3 is 15.5 Å². The molecular formula is C11H15ClN2O4. The molecule has 1 unspecified atom stereocenters. The van der Waals surface area contributed by atoms with Gasteiger partial charge in [0.25, 0.3) is 0 Å². The van der Waals surface area contributed by atoms with Crippen LogP contribution in [0.25, 0.3) is 0 Å². The Kier molecular flexibility index (Phi) is 5.67.